The SMILES string of the molecule is C=C/C=C(\C=C/NC/C=C(\C=C/c1cccc(-c2ccc3oc4ccccc4c3c2)c1)c1cccc2c1oc1ccccc12)c1cccc2c1oc1ccccc12. The van der Waals surface area contributed by atoms with Crippen LogP contribution in [-0.4, -0.2) is 6.54 Å². The van der Waals surface area contributed by atoms with Crippen LogP contribution < -0.4 is 5.32 Å². The second kappa shape index (κ2) is 14.6. The maximum Gasteiger partial charge on any atom is 0.143 e. The fraction of sp³-hybridized carbons (Fsp3) is 0.0189. The molecule has 3 aromatic heterocycles. The van der Waals surface area contributed by atoms with Crippen LogP contribution in [-0.2, 0) is 0 Å². The summed E-state index contributed by atoms with van der Waals surface area (Å²) in [6, 6.07) is 52.3. The zero-order valence-electron chi connectivity index (χ0n) is 31.1. The van der Waals surface area contributed by atoms with Crippen LogP contribution in [0, 0.1) is 0 Å². The lowest BCUT2D eigenvalue weighted by molar-refractivity contribution is 0.667. The van der Waals surface area contributed by atoms with Gasteiger partial charge in [-0.3, -0.25) is 0 Å². The van der Waals surface area contributed by atoms with Gasteiger partial charge in [0.25, 0.3) is 0 Å². The molecule has 0 fully saturated rings. The zero-order valence-corrected chi connectivity index (χ0v) is 31.1. The van der Waals surface area contributed by atoms with E-state index in [4.69, 9.17) is 13.3 Å². The van der Waals surface area contributed by atoms with Gasteiger partial charge in [0.1, 0.15) is 33.5 Å². The third-order valence-corrected chi connectivity index (χ3v) is 10.6. The van der Waals surface area contributed by atoms with E-state index in [0.717, 1.165) is 105 Å². The van der Waals surface area contributed by atoms with Crippen LogP contribution >= 0.6 is 0 Å². The third kappa shape index (κ3) is 6.33. The van der Waals surface area contributed by atoms with Crippen LogP contribution in [0.3, 0.4) is 0 Å². The van der Waals surface area contributed by atoms with Gasteiger partial charge in [0, 0.05) is 50.0 Å². The van der Waals surface area contributed by atoms with Crippen LogP contribution in [0.25, 0.3) is 94.2 Å². The van der Waals surface area contributed by atoms with Crippen molar-refractivity contribution in [3.05, 3.63) is 212 Å². The number of rotatable bonds is 10. The highest BCUT2D eigenvalue weighted by Crippen LogP contribution is 2.37. The van der Waals surface area contributed by atoms with Crippen molar-refractivity contribution in [3.8, 4) is 11.1 Å². The van der Waals surface area contributed by atoms with Crippen LogP contribution in [0.1, 0.15) is 16.7 Å². The summed E-state index contributed by atoms with van der Waals surface area (Å²) in [5.41, 5.74) is 12.7. The molecule has 57 heavy (non-hydrogen) atoms. The van der Waals surface area contributed by atoms with Crippen LogP contribution in [0.15, 0.2) is 208 Å². The molecular weight excluding hydrogens is 699 g/mol. The van der Waals surface area contributed by atoms with Gasteiger partial charge in [-0.1, -0.05) is 152 Å². The highest BCUT2D eigenvalue weighted by molar-refractivity contribution is 6.10. The van der Waals surface area contributed by atoms with E-state index in [1.807, 2.05) is 60.8 Å². The predicted octanol–water partition coefficient (Wildman–Crippen LogP) is 14.5. The Kier molecular flexibility index (Phi) is 8.69. The van der Waals surface area contributed by atoms with E-state index in [-0.39, 0.29) is 0 Å². The van der Waals surface area contributed by atoms with Crippen molar-refractivity contribution in [2.75, 3.05) is 6.54 Å². The third-order valence-electron chi connectivity index (χ3n) is 10.6. The Hall–Kier alpha value is -7.56. The van der Waals surface area contributed by atoms with Crippen molar-refractivity contribution in [1.82, 2.24) is 5.32 Å². The van der Waals surface area contributed by atoms with Crippen LogP contribution in [0.5, 0.6) is 0 Å². The number of hydrogen-bond acceptors (Lipinski definition) is 4. The molecule has 0 aliphatic carbocycles. The Balaban J connectivity index is 0.971. The Labute approximate surface area is 329 Å². The van der Waals surface area contributed by atoms with Crippen molar-refractivity contribution in [1.29, 1.82) is 0 Å². The number of furan rings is 3. The average molecular weight is 736 g/mol. The molecule has 10 aromatic rings. The van der Waals surface area contributed by atoms with Gasteiger partial charge in [0.15, 0.2) is 0 Å². The van der Waals surface area contributed by atoms with Gasteiger partial charge in [0.2, 0.25) is 0 Å². The molecule has 0 aliphatic heterocycles. The van der Waals surface area contributed by atoms with E-state index in [1.165, 1.54) is 0 Å². The fourth-order valence-electron chi connectivity index (χ4n) is 7.88. The standard InChI is InChI=1S/C53H37NO3/c1-2-12-36(40-18-10-20-45-42-15-3-7-23-49(42)56-52(40)45)29-31-54-32-30-37(41-19-11-21-46-43-16-4-8-24-50(43)57-53(41)46)26-25-35-13-9-14-38(33-35)39-27-28-51-47(34-39)44-17-5-6-22-48(44)55-51/h2-31,33-34,54H,1,32H2/b26-25-,31-29-,36-12+,37-30+. The Morgan fingerprint density at radius 1 is 0.491 bits per heavy atom. The number of benzene rings is 7. The molecule has 0 atom stereocenters. The highest BCUT2D eigenvalue weighted by Gasteiger charge is 2.14. The molecule has 10 rings (SSSR count). The van der Waals surface area contributed by atoms with Crippen LogP contribution in [0.2, 0.25) is 0 Å². The summed E-state index contributed by atoms with van der Waals surface area (Å²) < 4.78 is 18.9. The summed E-state index contributed by atoms with van der Waals surface area (Å²) in [6.45, 7) is 4.57. The number of hydrogen-bond donors (Lipinski definition) is 1. The first kappa shape index (κ1) is 34.0. The first-order valence-electron chi connectivity index (χ1n) is 19.2. The molecule has 4 heteroatoms. The topological polar surface area (TPSA) is 51.5 Å². The minimum Gasteiger partial charge on any atom is -0.456 e. The molecule has 272 valence electrons. The molecule has 3 heterocycles. The van der Waals surface area contributed by atoms with Crippen molar-refractivity contribution < 1.29 is 13.3 Å². The molecule has 4 nitrogen and oxygen atoms in total. The number of para-hydroxylation sites is 5. The lowest BCUT2D eigenvalue weighted by atomic mass is 9.98. The summed E-state index contributed by atoms with van der Waals surface area (Å²) in [5.74, 6) is 0. The maximum absolute atomic E-state index is 6.50. The molecule has 0 bridgehead atoms. The van der Waals surface area contributed by atoms with Gasteiger partial charge in [-0.05, 0) is 76.5 Å². The van der Waals surface area contributed by atoms with Crippen LogP contribution in [0.4, 0.5) is 0 Å². The summed E-state index contributed by atoms with van der Waals surface area (Å²) in [4.78, 5) is 0. The van der Waals surface area contributed by atoms with Gasteiger partial charge in [0.05, 0.1) is 0 Å². The van der Waals surface area contributed by atoms with Gasteiger partial charge in [-0.2, -0.15) is 0 Å². The molecule has 0 saturated heterocycles. The first-order valence-corrected chi connectivity index (χ1v) is 19.2. The second-order valence-corrected chi connectivity index (χ2v) is 14.1. The fourth-order valence-corrected chi connectivity index (χ4v) is 7.88. The summed E-state index contributed by atoms with van der Waals surface area (Å²) in [5, 5.41) is 10.2. The summed E-state index contributed by atoms with van der Waals surface area (Å²) >= 11 is 0. The van der Waals surface area contributed by atoms with E-state index in [1.54, 1.807) is 0 Å². The molecule has 7 aromatic carbocycles. The zero-order chi connectivity index (χ0) is 38.1. The van der Waals surface area contributed by atoms with Crippen molar-refractivity contribution in [3.63, 3.8) is 0 Å². The lowest BCUT2D eigenvalue weighted by Gasteiger charge is -2.07. The minimum atomic E-state index is 0.585. The number of nitrogens with one attached hydrogen (secondary N) is 1. The van der Waals surface area contributed by atoms with Gasteiger partial charge >= 0.3 is 0 Å². The molecule has 0 saturated carbocycles. The molecule has 1 N–H and O–H groups in total. The van der Waals surface area contributed by atoms with Gasteiger partial charge in [-0.25, -0.2) is 0 Å². The highest BCUT2D eigenvalue weighted by atomic mass is 16.3. The average Bonchev–Trinajstić information content (AvgIpc) is 3.95. The maximum atomic E-state index is 6.50. The van der Waals surface area contributed by atoms with Gasteiger partial charge < -0.3 is 18.6 Å². The van der Waals surface area contributed by atoms with E-state index in [9.17, 15) is 0 Å². The number of fused-ring (bicyclic) bond motifs is 9. The molecule has 0 radical (unpaired) electrons. The van der Waals surface area contributed by atoms with Crippen molar-refractivity contribution >= 4 is 83.0 Å². The molecule has 0 aliphatic rings. The van der Waals surface area contributed by atoms with E-state index in [0.29, 0.717) is 6.54 Å². The van der Waals surface area contributed by atoms with E-state index in [2.05, 4.69) is 145 Å². The van der Waals surface area contributed by atoms with Crippen molar-refractivity contribution in [2.24, 2.45) is 0 Å². The summed E-state index contributed by atoms with van der Waals surface area (Å²) in [7, 11) is 0. The Morgan fingerprint density at radius 2 is 1.05 bits per heavy atom. The van der Waals surface area contributed by atoms with Crippen molar-refractivity contribution in [2.45, 2.75) is 0 Å². The first-order chi connectivity index (χ1) is 28.2. The summed E-state index contributed by atoms with van der Waals surface area (Å²) in [6.07, 6.45) is 14.5. The number of allylic oxidation sites excluding steroid dienone is 6. The smallest absolute Gasteiger partial charge is 0.143 e. The predicted molar refractivity (Wildman–Crippen MR) is 239 cm³/mol. The largest absolute Gasteiger partial charge is 0.456 e. The monoisotopic (exact) mass is 735 g/mol. The Morgan fingerprint density at radius 3 is 1.74 bits per heavy atom. The molecular formula is C53H37NO3. The van der Waals surface area contributed by atoms with E-state index >= 15 is 0 Å². The van der Waals surface area contributed by atoms with Gasteiger partial charge in [-0.15, -0.1) is 0 Å². The second-order valence-electron chi connectivity index (χ2n) is 14.1. The molecule has 0 unspecified atom stereocenters. The lowest BCUT2D eigenvalue weighted by Crippen LogP contribution is -2.04. The van der Waals surface area contributed by atoms with E-state index < -0.39 is 0 Å². The quantitative estimate of drug-likeness (QED) is 0.112. The minimum absolute atomic E-state index is 0.585. The molecule has 0 spiro atoms. The molecule has 0 amide bonds. The Bertz CT molecular complexity index is 3270. The normalized spacial score (nSPS) is 12.8.